The van der Waals surface area contributed by atoms with Gasteiger partial charge in [-0.15, -0.1) is 23.2 Å². The summed E-state index contributed by atoms with van der Waals surface area (Å²) in [6.07, 6.45) is 5.08. The molecule has 1 atom stereocenters. The van der Waals surface area contributed by atoms with Gasteiger partial charge in [-0.3, -0.25) is 9.78 Å². The highest BCUT2D eigenvalue weighted by Crippen LogP contribution is 2.64. The van der Waals surface area contributed by atoms with Crippen molar-refractivity contribution in [2.24, 2.45) is 5.41 Å². The Morgan fingerprint density at radius 1 is 1.27 bits per heavy atom. The van der Waals surface area contributed by atoms with Gasteiger partial charge in [-0.25, -0.2) is 4.98 Å². The molecule has 0 radical (unpaired) electrons. The number of amides is 1. The molecule has 1 aromatic carbocycles. The molecule has 1 fully saturated rings. The maximum atomic E-state index is 12.2. The van der Waals surface area contributed by atoms with Gasteiger partial charge in [-0.05, 0) is 37.6 Å². The summed E-state index contributed by atoms with van der Waals surface area (Å²) in [5.74, 6) is 0.805. The number of nitrogens with zero attached hydrogens (tertiary/aromatic N) is 2. The van der Waals surface area contributed by atoms with Gasteiger partial charge in [0.2, 0.25) is 11.8 Å². The van der Waals surface area contributed by atoms with Gasteiger partial charge in [-0.1, -0.05) is 0 Å². The van der Waals surface area contributed by atoms with E-state index in [1.54, 1.807) is 43.6 Å². The number of alkyl halides is 2. The second kappa shape index (κ2) is 5.41. The monoisotopic (exact) mass is 337 g/mol. The number of rotatable bonds is 4. The van der Waals surface area contributed by atoms with E-state index in [1.807, 2.05) is 0 Å². The molecule has 1 aromatic heterocycles. The predicted molar refractivity (Wildman–Crippen MR) is 84.3 cm³/mol. The Morgan fingerprint density at radius 2 is 1.95 bits per heavy atom. The van der Waals surface area contributed by atoms with E-state index >= 15 is 0 Å². The van der Waals surface area contributed by atoms with Crippen molar-refractivity contribution < 1.29 is 9.53 Å². The summed E-state index contributed by atoms with van der Waals surface area (Å²) < 4.78 is 4.54. The molecule has 0 bridgehead atoms. The molecule has 22 heavy (non-hydrogen) atoms. The lowest BCUT2D eigenvalue weighted by Gasteiger charge is -2.13. The molecule has 2 aromatic rings. The van der Waals surface area contributed by atoms with Crippen LogP contribution in [0.1, 0.15) is 13.3 Å². The van der Waals surface area contributed by atoms with Crippen LogP contribution in [0.3, 0.4) is 0 Å². The quantitative estimate of drug-likeness (QED) is 0.862. The van der Waals surface area contributed by atoms with Gasteiger partial charge in [0, 0.05) is 18.1 Å². The Kier molecular flexibility index (Phi) is 3.70. The Hall–Kier alpha value is -1.85. The lowest BCUT2D eigenvalue weighted by molar-refractivity contribution is -0.120. The first kappa shape index (κ1) is 15.1. The minimum atomic E-state index is -0.980. The van der Waals surface area contributed by atoms with Gasteiger partial charge in [-0.2, -0.15) is 0 Å². The van der Waals surface area contributed by atoms with Crippen molar-refractivity contribution in [3.05, 3.63) is 42.9 Å². The van der Waals surface area contributed by atoms with Crippen LogP contribution >= 0.6 is 23.2 Å². The van der Waals surface area contributed by atoms with E-state index in [0.29, 0.717) is 23.7 Å². The second-order valence-electron chi connectivity index (χ2n) is 5.34. The largest absolute Gasteiger partial charge is 0.438 e. The van der Waals surface area contributed by atoms with E-state index < -0.39 is 9.75 Å². The minimum absolute atomic E-state index is 0.194. The third kappa shape index (κ3) is 2.87. The standard InChI is InChI=1S/C15H13Cl2N3O2/c1-14(9-15(14,16)17)13(21)20-10-2-4-11(5-3-10)22-12-8-18-6-7-19-12/h2-8H,9H2,1H3,(H,20,21)/t14-/m0/s1. The summed E-state index contributed by atoms with van der Waals surface area (Å²) >= 11 is 12.0. The molecular formula is C15H13Cl2N3O2. The molecule has 5 nitrogen and oxygen atoms in total. The van der Waals surface area contributed by atoms with Crippen LogP contribution in [0.5, 0.6) is 11.6 Å². The molecule has 1 aliphatic carbocycles. The van der Waals surface area contributed by atoms with E-state index in [-0.39, 0.29) is 5.91 Å². The van der Waals surface area contributed by atoms with Crippen molar-refractivity contribution in [2.45, 2.75) is 17.7 Å². The van der Waals surface area contributed by atoms with E-state index in [0.717, 1.165) is 0 Å². The maximum absolute atomic E-state index is 12.2. The topological polar surface area (TPSA) is 64.1 Å². The average molecular weight is 338 g/mol. The average Bonchev–Trinajstić information content (AvgIpc) is 3.02. The van der Waals surface area contributed by atoms with Crippen LogP contribution in [-0.2, 0) is 4.79 Å². The van der Waals surface area contributed by atoms with Crippen LogP contribution in [-0.4, -0.2) is 20.2 Å². The number of halogens is 2. The second-order valence-corrected chi connectivity index (χ2v) is 6.82. The van der Waals surface area contributed by atoms with Crippen LogP contribution in [0.2, 0.25) is 0 Å². The number of carbonyl (C=O) groups is 1. The van der Waals surface area contributed by atoms with Crippen molar-refractivity contribution in [1.29, 1.82) is 0 Å². The zero-order chi connectivity index (χ0) is 15.8. The van der Waals surface area contributed by atoms with E-state index in [2.05, 4.69) is 15.3 Å². The first-order valence-electron chi connectivity index (χ1n) is 6.64. The highest BCUT2D eigenvalue weighted by atomic mass is 35.5. The highest BCUT2D eigenvalue weighted by molar-refractivity contribution is 6.53. The molecule has 0 spiro atoms. The molecule has 114 valence electrons. The fraction of sp³-hybridized carbons (Fsp3) is 0.267. The van der Waals surface area contributed by atoms with Crippen molar-refractivity contribution in [3.8, 4) is 11.6 Å². The fourth-order valence-electron chi connectivity index (χ4n) is 1.98. The lowest BCUT2D eigenvalue weighted by Crippen LogP contribution is -2.25. The molecular weight excluding hydrogens is 325 g/mol. The molecule has 7 heteroatoms. The van der Waals surface area contributed by atoms with E-state index in [1.165, 1.54) is 6.20 Å². The fourth-order valence-corrected chi connectivity index (χ4v) is 2.69. The van der Waals surface area contributed by atoms with Gasteiger partial charge in [0.15, 0.2) is 0 Å². The summed E-state index contributed by atoms with van der Waals surface area (Å²) in [6, 6.07) is 6.93. The zero-order valence-corrected chi connectivity index (χ0v) is 13.2. The Labute approximate surface area is 137 Å². The summed E-state index contributed by atoms with van der Waals surface area (Å²) in [7, 11) is 0. The van der Waals surface area contributed by atoms with Gasteiger partial charge in [0.25, 0.3) is 0 Å². The Balaban J connectivity index is 1.64. The van der Waals surface area contributed by atoms with Crippen LogP contribution in [0, 0.1) is 5.41 Å². The van der Waals surface area contributed by atoms with Gasteiger partial charge >= 0.3 is 0 Å². The smallest absolute Gasteiger partial charge is 0.237 e. The normalized spacial score (nSPS) is 22.0. The molecule has 0 unspecified atom stereocenters. The minimum Gasteiger partial charge on any atom is -0.438 e. The highest BCUT2D eigenvalue weighted by Gasteiger charge is 2.67. The van der Waals surface area contributed by atoms with Gasteiger partial charge < -0.3 is 10.1 Å². The summed E-state index contributed by atoms with van der Waals surface area (Å²) in [5.41, 5.74) is -0.0981. The molecule has 1 N–H and O–H groups in total. The van der Waals surface area contributed by atoms with Crippen LogP contribution in [0.15, 0.2) is 42.9 Å². The zero-order valence-electron chi connectivity index (χ0n) is 11.7. The number of carbonyl (C=O) groups excluding carboxylic acids is 1. The van der Waals surface area contributed by atoms with Gasteiger partial charge in [0.05, 0.1) is 11.6 Å². The first-order valence-corrected chi connectivity index (χ1v) is 7.39. The first-order chi connectivity index (χ1) is 10.4. The number of hydrogen-bond acceptors (Lipinski definition) is 4. The van der Waals surface area contributed by atoms with Crippen LogP contribution in [0.4, 0.5) is 5.69 Å². The third-order valence-corrected chi connectivity index (χ3v) is 4.73. The Bertz CT molecular complexity index is 692. The Morgan fingerprint density at radius 3 is 2.50 bits per heavy atom. The molecule has 0 saturated heterocycles. The number of anilines is 1. The molecule has 1 aliphatic rings. The van der Waals surface area contributed by atoms with Crippen molar-refractivity contribution >= 4 is 34.8 Å². The third-order valence-electron chi connectivity index (χ3n) is 3.63. The maximum Gasteiger partial charge on any atom is 0.237 e. The van der Waals surface area contributed by atoms with Crippen molar-refractivity contribution in [3.63, 3.8) is 0 Å². The molecule has 1 saturated carbocycles. The van der Waals surface area contributed by atoms with E-state index in [4.69, 9.17) is 27.9 Å². The lowest BCUT2D eigenvalue weighted by atomic mass is 10.1. The molecule has 0 aliphatic heterocycles. The molecule has 3 rings (SSSR count). The summed E-state index contributed by atoms with van der Waals surface area (Å²) in [5, 5.41) is 2.80. The number of hydrogen-bond donors (Lipinski definition) is 1. The molecule has 1 amide bonds. The predicted octanol–water partition coefficient (Wildman–Crippen LogP) is 3.79. The van der Waals surface area contributed by atoms with Crippen molar-refractivity contribution in [2.75, 3.05) is 5.32 Å². The summed E-state index contributed by atoms with van der Waals surface area (Å²) in [6.45, 7) is 1.74. The number of nitrogens with one attached hydrogen (secondary N) is 1. The van der Waals surface area contributed by atoms with Gasteiger partial charge in [0.1, 0.15) is 10.1 Å². The van der Waals surface area contributed by atoms with Crippen molar-refractivity contribution in [1.82, 2.24) is 9.97 Å². The number of benzene rings is 1. The van der Waals surface area contributed by atoms with E-state index in [9.17, 15) is 4.79 Å². The van der Waals surface area contributed by atoms with Crippen LogP contribution in [0.25, 0.3) is 0 Å². The summed E-state index contributed by atoms with van der Waals surface area (Å²) in [4.78, 5) is 20.1. The molecule has 1 heterocycles. The number of aromatic nitrogens is 2. The van der Waals surface area contributed by atoms with Crippen LogP contribution < -0.4 is 10.1 Å². The number of ether oxygens (including phenoxy) is 1. The SMILES string of the molecule is C[C@@]1(C(=O)Nc2ccc(Oc3cnccn3)cc2)CC1(Cl)Cl.